The lowest BCUT2D eigenvalue weighted by molar-refractivity contribution is -0.144. The molecule has 0 aromatic heterocycles. The highest BCUT2D eigenvalue weighted by Crippen LogP contribution is 2.30. The summed E-state index contributed by atoms with van der Waals surface area (Å²) < 4.78 is 0. The summed E-state index contributed by atoms with van der Waals surface area (Å²) in [5, 5.41) is 18.2. The zero-order valence-electron chi connectivity index (χ0n) is 11.2. The van der Waals surface area contributed by atoms with Crippen LogP contribution in [-0.2, 0) is 9.59 Å². The van der Waals surface area contributed by atoms with Gasteiger partial charge in [0.2, 0.25) is 5.91 Å². The van der Waals surface area contributed by atoms with E-state index in [1.165, 1.54) is 4.90 Å². The molecule has 0 spiro atoms. The van der Waals surface area contributed by atoms with Crippen molar-refractivity contribution in [3.8, 4) is 0 Å². The number of hydrogen-bond acceptors (Lipinski definition) is 5. The molecule has 0 aromatic rings. The molecule has 0 unspecified atom stereocenters. The van der Waals surface area contributed by atoms with Gasteiger partial charge in [0.05, 0.1) is 6.61 Å². The molecule has 0 aromatic carbocycles. The van der Waals surface area contributed by atoms with Crippen molar-refractivity contribution in [3.05, 3.63) is 0 Å². The van der Waals surface area contributed by atoms with E-state index in [-0.39, 0.29) is 19.0 Å². The second kappa shape index (κ2) is 6.31. The van der Waals surface area contributed by atoms with Crippen LogP contribution >= 0.6 is 0 Å². The number of carboxylic acid groups (broad SMARTS) is 1. The Bertz CT molecular complexity index is 350. The van der Waals surface area contributed by atoms with Crippen LogP contribution in [0.1, 0.15) is 26.2 Å². The predicted molar refractivity (Wildman–Crippen MR) is 69.2 cm³/mol. The van der Waals surface area contributed by atoms with E-state index in [0.717, 1.165) is 12.8 Å². The molecule has 110 valence electrons. The minimum Gasteiger partial charge on any atom is -0.480 e. The Labute approximate surface area is 112 Å². The van der Waals surface area contributed by atoms with E-state index in [9.17, 15) is 14.7 Å². The fraction of sp³-hybridized carbons (Fsp3) is 0.833. The van der Waals surface area contributed by atoms with Gasteiger partial charge in [0, 0.05) is 19.0 Å². The normalized spacial score (nSPS) is 28.4. The summed E-state index contributed by atoms with van der Waals surface area (Å²) in [6.07, 6.45) is 2.47. The molecule has 7 heteroatoms. The zero-order valence-corrected chi connectivity index (χ0v) is 11.2. The van der Waals surface area contributed by atoms with Crippen LogP contribution in [0.25, 0.3) is 0 Å². The lowest BCUT2D eigenvalue weighted by Crippen LogP contribution is -2.55. The molecular weight excluding hydrogens is 250 g/mol. The maximum atomic E-state index is 11.9. The molecule has 0 aliphatic carbocycles. The van der Waals surface area contributed by atoms with Crippen LogP contribution in [0, 0.1) is 5.92 Å². The molecule has 1 rings (SSSR count). The van der Waals surface area contributed by atoms with E-state index in [1.807, 2.05) is 6.92 Å². The summed E-state index contributed by atoms with van der Waals surface area (Å²) in [6.45, 7) is 1.79. The summed E-state index contributed by atoms with van der Waals surface area (Å²) in [6, 6.07) is -1.01. The predicted octanol–water partition coefficient (Wildman–Crippen LogP) is -1.26. The van der Waals surface area contributed by atoms with Crippen molar-refractivity contribution in [3.63, 3.8) is 0 Å². The first kappa shape index (κ1) is 15.9. The van der Waals surface area contributed by atoms with Gasteiger partial charge in [-0.2, -0.15) is 0 Å². The number of hydrogen-bond donors (Lipinski definition) is 4. The van der Waals surface area contributed by atoms with Crippen molar-refractivity contribution in [1.29, 1.82) is 0 Å². The molecule has 1 fully saturated rings. The SMILES string of the molecule is CCCC[C@H]1CN(C(=O)[C@@H](N)CO)C[C@@]1(N)C(=O)O. The van der Waals surface area contributed by atoms with E-state index < -0.39 is 30.1 Å². The number of rotatable bonds is 6. The van der Waals surface area contributed by atoms with E-state index in [1.54, 1.807) is 0 Å². The van der Waals surface area contributed by atoms with E-state index >= 15 is 0 Å². The van der Waals surface area contributed by atoms with Gasteiger partial charge in [-0.1, -0.05) is 19.8 Å². The number of aliphatic carboxylic acids is 1. The van der Waals surface area contributed by atoms with E-state index in [4.69, 9.17) is 16.6 Å². The van der Waals surface area contributed by atoms with Crippen molar-refractivity contribution in [2.24, 2.45) is 17.4 Å². The van der Waals surface area contributed by atoms with Gasteiger partial charge in [-0.3, -0.25) is 9.59 Å². The Morgan fingerprint density at radius 1 is 1.53 bits per heavy atom. The number of aliphatic hydroxyl groups is 1. The lowest BCUT2D eigenvalue weighted by Gasteiger charge is -2.25. The number of amides is 1. The molecule has 0 bridgehead atoms. The molecule has 6 N–H and O–H groups in total. The van der Waals surface area contributed by atoms with Crippen LogP contribution in [0.15, 0.2) is 0 Å². The topological polar surface area (TPSA) is 130 Å². The fourth-order valence-electron chi connectivity index (χ4n) is 2.46. The quantitative estimate of drug-likeness (QED) is 0.478. The maximum absolute atomic E-state index is 11.9. The molecule has 7 nitrogen and oxygen atoms in total. The fourth-order valence-corrected chi connectivity index (χ4v) is 2.46. The second-order valence-electron chi connectivity index (χ2n) is 5.19. The van der Waals surface area contributed by atoms with Crippen LogP contribution in [0.5, 0.6) is 0 Å². The van der Waals surface area contributed by atoms with Crippen LogP contribution in [0.3, 0.4) is 0 Å². The highest BCUT2D eigenvalue weighted by molar-refractivity contribution is 5.86. The smallest absolute Gasteiger partial charge is 0.325 e. The van der Waals surface area contributed by atoms with Crippen LogP contribution in [0.2, 0.25) is 0 Å². The average Bonchev–Trinajstić information content (AvgIpc) is 2.73. The van der Waals surface area contributed by atoms with Crippen LogP contribution in [-0.4, -0.2) is 58.3 Å². The van der Waals surface area contributed by atoms with Crippen molar-refractivity contribution in [1.82, 2.24) is 4.90 Å². The Morgan fingerprint density at radius 2 is 2.16 bits per heavy atom. The van der Waals surface area contributed by atoms with Crippen LogP contribution < -0.4 is 11.5 Å². The Kier molecular flexibility index (Phi) is 5.28. The third kappa shape index (κ3) is 3.23. The van der Waals surface area contributed by atoms with Crippen molar-refractivity contribution >= 4 is 11.9 Å². The lowest BCUT2D eigenvalue weighted by atomic mass is 9.84. The number of carbonyl (C=O) groups is 2. The molecule has 19 heavy (non-hydrogen) atoms. The minimum absolute atomic E-state index is 0.0523. The molecule has 1 aliphatic rings. The molecule has 0 saturated carbocycles. The van der Waals surface area contributed by atoms with Gasteiger partial charge in [-0.15, -0.1) is 0 Å². The number of carbonyl (C=O) groups excluding carboxylic acids is 1. The number of nitrogens with zero attached hydrogens (tertiary/aromatic N) is 1. The van der Waals surface area contributed by atoms with Gasteiger partial charge in [0.25, 0.3) is 0 Å². The second-order valence-corrected chi connectivity index (χ2v) is 5.19. The summed E-state index contributed by atoms with van der Waals surface area (Å²) in [7, 11) is 0. The summed E-state index contributed by atoms with van der Waals surface area (Å²) in [4.78, 5) is 24.6. The molecule has 0 radical (unpaired) electrons. The Hall–Kier alpha value is -1.18. The van der Waals surface area contributed by atoms with Gasteiger partial charge in [0.1, 0.15) is 11.6 Å². The van der Waals surface area contributed by atoms with Gasteiger partial charge >= 0.3 is 5.97 Å². The molecule has 1 saturated heterocycles. The van der Waals surface area contributed by atoms with E-state index in [0.29, 0.717) is 6.42 Å². The van der Waals surface area contributed by atoms with Gasteiger partial charge in [-0.05, 0) is 6.42 Å². The number of unbranched alkanes of at least 4 members (excludes halogenated alkanes) is 1. The maximum Gasteiger partial charge on any atom is 0.325 e. The van der Waals surface area contributed by atoms with Gasteiger partial charge in [0.15, 0.2) is 0 Å². The van der Waals surface area contributed by atoms with Gasteiger partial charge in [-0.25, -0.2) is 0 Å². The minimum atomic E-state index is -1.42. The highest BCUT2D eigenvalue weighted by Gasteiger charge is 2.50. The molecule has 1 heterocycles. The Balaban J connectivity index is 2.82. The number of likely N-dealkylation sites (tertiary alicyclic amines) is 1. The summed E-state index contributed by atoms with van der Waals surface area (Å²) >= 11 is 0. The monoisotopic (exact) mass is 273 g/mol. The number of nitrogens with two attached hydrogens (primary N) is 2. The first-order chi connectivity index (χ1) is 8.86. The standard InChI is InChI=1S/C12H23N3O4/c1-2-3-4-8-5-15(10(17)9(13)6-16)7-12(8,14)11(18)19/h8-9,16H,2-7,13-14H2,1H3,(H,18,19)/t8-,9-,12-/m0/s1. The third-order valence-electron chi connectivity index (χ3n) is 3.75. The molecule has 1 aliphatic heterocycles. The third-order valence-corrected chi connectivity index (χ3v) is 3.75. The van der Waals surface area contributed by atoms with Crippen LogP contribution in [0.4, 0.5) is 0 Å². The number of aliphatic hydroxyl groups excluding tert-OH is 1. The zero-order chi connectivity index (χ0) is 14.6. The molecule has 1 amide bonds. The molecule has 3 atom stereocenters. The number of carboxylic acids is 1. The average molecular weight is 273 g/mol. The first-order valence-electron chi connectivity index (χ1n) is 6.54. The van der Waals surface area contributed by atoms with Crippen molar-refractivity contribution < 1.29 is 19.8 Å². The Morgan fingerprint density at radius 3 is 2.63 bits per heavy atom. The molecular formula is C12H23N3O4. The van der Waals surface area contributed by atoms with Crippen molar-refractivity contribution in [2.45, 2.75) is 37.8 Å². The van der Waals surface area contributed by atoms with Crippen molar-refractivity contribution in [2.75, 3.05) is 19.7 Å². The first-order valence-corrected chi connectivity index (χ1v) is 6.54. The van der Waals surface area contributed by atoms with E-state index in [2.05, 4.69) is 0 Å². The highest BCUT2D eigenvalue weighted by atomic mass is 16.4. The largest absolute Gasteiger partial charge is 0.480 e. The summed E-state index contributed by atoms with van der Waals surface area (Å²) in [5.41, 5.74) is 10.0. The summed E-state index contributed by atoms with van der Waals surface area (Å²) in [5.74, 6) is -1.82. The van der Waals surface area contributed by atoms with Gasteiger partial charge < -0.3 is 26.6 Å².